The van der Waals surface area contributed by atoms with Crippen LogP contribution >= 0.6 is 0 Å². The van der Waals surface area contributed by atoms with Gasteiger partial charge in [0.05, 0.1) is 0 Å². The van der Waals surface area contributed by atoms with Crippen molar-refractivity contribution in [3.05, 3.63) is 42.0 Å². The zero-order valence-corrected chi connectivity index (χ0v) is 15.1. The van der Waals surface area contributed by atoms with Gasteiger partial charge in [0.25, 0.3) is 0 Å². The summed E-state index contributed by atoms with van der Waals surface area (Å²) < 4.78 is 6.17. The first kappa shape index (κ1) is 17.7. The van der Waals surface area contributed by atoms with Crippen LogP contribution in [-0.4, -0.2) is 28.9 Å². The summed E-state index contributed by atoms with van der Waals surface area (Å²) in [5.41, 5.74) is 7.49. The lowest BCUT2D eigenvalue weighted by atomic mass is 10.0. The number of hydrogen-bond donors (Lipinski definition) is 1. The zero-order valence-electron chi connectivity index (χ0n) is 15.1. The molecule has 2 N–H and O–H groups in total. The van der Waals surface area contributed by atoms with Gasteiger partial charge in [0, 0.05) is 24.4 Å². The average Bonchev–Trinajstić information content (AvgIpc) is 3.27. The Hall–Kier alpha value is -2.14. The number of amides is 1. The van der Waals surface area contributed by atoms with E-state index in [2.05, 4.69) is 13.8 Å². The van der Waals surface area contributed by atoms with Crippen LogP contribution in [0.4, 0.5) is 0 Å². The van der Waals surface area contributed by atoms with E-state index in [1.165, 1.54) is 0 Å². The molecule has 1 saturated heterocycles. The number of nitrogens with zero attached hydrogens (tertiary/aromatic N) is 2. The second kappa shape index (κ2) is 7.83. The Balaban J connectivity index is 1.90. The quantitative estimate of drug-likeness (QED) is 0.866. The molecule has 0 spiro atoms. The van der Waals surface area contributed by atoms with Crippen LogP contribution in [0.3, 0.4) is 0 Å². The summed E-state index contributed by atoms with van der Waals surface area (Å²) in [6, 6.07) is 10.0. The van der Waals surface area contributed by atoms with Crippen LogP contribution < -0.4 is 5.73 Å². The molecule has 1 aliphatic rings. The lowest BCUT2D eigenvalue weighted by Crippen LogP contribution is -2.30. The number of likely N-dealkylation sites (tertiary alicyclic amines) is 1. The highest BCUT2D eigenvalue weighted by Gasteiger charge is 2.34. The second-order valence-electron chi connectivity index (χ2n) is 6.92. The summed E-state index contributed by atoms with van der Waals surface area (Å²) in [5.74, 6) is 1.95. The number of carbonyl (C=O) groups excluding carboxylic acids is 1. The summed E-state index contributed by atoms with van der Waals surface area (Å²) in [4.78, 5) is 19.2. The molecule has 1 aliphatic heterocycles. The maximum Gasteiger partial charge on any atom is 0.223 e. The Kier molecular flexibility index (Phi) is 5.53. The zero-order chi connectivity index (χ0) is 17.8. The van der Waals surface area contributed by atoms with Gasteiger partial charge in [0.15, 0.2) is 0 Å². The second-order valence-corrected chi connectivity index (χ2v) is 6.92. The van der Waals surface area contributed by atoms with Gasteiger partial charge in [-0.25, -0.2) is 4.98 Å². The fourth-order valence-corrected chi connectivity index (χ4v) is 3.40. The summed E-state index contributed by atoms with van der Waals surface area (Å²) in [7, 11) is 0. The van der Waals surface area contributed by atoms with Gasteiger partial charge in [-0.3, -0.25) is 4.79 Å². The molecule has 0 radical (unpaired) electrons. The molecule has 1 unspecified atom stereocenters. The SMILES string of the molecule is CC(C)c1oc(C2CCCN2C(=O)CCCN)nc1-c1ccccc1. The van der Waals surface area contributed by atoms with Crippen molar-refractivity contribution in [2.45, 2.75) is 51.5 Å². The molecule has 2 heterocycles. The minimum absolute atomic E-state index is 0.0553. The Bertz CT molecular complexity index is 709. The molecule has 0 aliphatic carbocycles. The van der Waals surface area contributed by atoms with Crippen LogP contribution in [-0.2, 0) is 4.79 Å². The van der Waals surface area contributed by atoms with E-state index in [9.17, 15) is 4.79 Å². The van der Waals surface area contributed by atoms with Crippen LogP contribution in [0, 0.1) is 0 Å². The minimum atomic E-state index is -0.0553. The van der Waals surface area contributed by atoms with Crippen molar-refractivity contribution in [1.82, 2.24) is 9.88 Å². The summed E-state index contributed by atoms with van der Waals surface area (Å²) in [6.07, 6.45) is 3.11. The van der Waals surface area contributed by atoms with E-state index in [-0.39, 0.29) is 17.9 Å². The molecule has 1 atom stereocenters. The molecular formula is C20H27N3O2. The first-order valence-corrected chi connectivity index (χ1v) is 9.17. The largest absolute Gasteiger partial charge is 0.442 e. The monoisotopic (exact) mass is 341 g/mol. The molecule has 1 amide bonds. The normalized spacial score (nSPS) is 17.4. The van der Waals surface area contributed by atoms with Crippen molar-refractivity contribution in [2.24, 2.45) is 5.73 Å². The topological polar surface area (TPSA) is 72.4 Å². The Labute approximate surface area is 149 Å². The molecule has 3 rings (SSSR count). The predicted octanol–water partition coefficient (Wildman–Crippen LogP) is 3.87. The molecule has 0 bridgehead atoms. The first-order valence-electron chi connectivity index (χ1n) is 9.17. The van der Waals surface area contributed by atoms with E-state index in [0.29, 0.717) is 18.9 Å². The van der Waals surface area contributed by atoms with Crippen LogP contribution in [0.2, 0.25) is 0 Å². The highest BCUT2D eigenvalue weighted by Crippen LogP contribution is 2.37. The number of benzene rings is 1. The van der Waals surface area contributed by atoms with Gasteiger partial charge < -0.3 is 15.1 Å². The van der Waals surface area contributed by atoms with Crippen molar-refractivity contribution in [2.75, 3.05) is 13.1 Å². The molecule has 134 valence electrons. The average molecular weight is 341 g/mol. The van der Waals surface area contributed by atoms with Gasteiger partial charge >= 0.3 is 0 Å². The number of nitrogens with two attached hydrogens (primary N) is 1. The van der Waals surface area contributed by atoms with Crippen LogP contribution in [0.5, 0.6) is 0 Å². The lowest BCUT2D eigenvalue weighted by molar-refractivity contribution is -0.132. The van der Waals surface area contributed by atoms with Gasteiger partial charge in [-0.2, -0.15) is 0 Å². The fourth-order valence-electron chi connectivity index (χ4n) is 3.40. The molecule has 5 nitrogen and oxygen atoms in total. The molecule has 25 heavy (non-hydrogen) atoms. The van der Waals surface area contributed by atoms with Gasteiger partial charge in [-0.05, 0) is 25.8 Å². The Morgan fingerprint density at radius 2 is 2.12 bits per heavy atom. The van der Waals surface area contributed by atoms with E-state index in [1.807, 2.05) is 35.2 Å². The van der Waals surface area contributed by atoms with Crippen molar-refractivity contribution < 1.29 is 9.21 Å². The Morgan fingerprint density at radius 3 is 2.80 bits per heavy atom. The molecule has 2 aromatic rings. The van der Waals surface area contributed by atoms with E-state index in [4.69, 9.17) is 15.1 Å². The number of carbonyl (C=O) groups is 1. The number of rotatable bonds is 6. The molecule has 1 aromatic carbocycles. The highest BCUT2D eigenvalue weighted by molar-refractivity contribution is 5.77. The van der Waals surface area contributed by atoms with Gasteiger partial charge in [0.2, 0.25) is 11.8 Å². The maximum atomic E-state index is 12.5. The predicted molar refractivity (Wildman–Crippen MR) is 98.0 cm³/mol. The smallest absolute Gasteiger partial charge is 0.223 e. The maximum absolute atomic E-state index is 12.5. The standard InChI is InChI=1S/C20H27N3O2/c1-14(2)19-18(15-8-4-3-5-9-15)22-20(25-19)16-10-7-13-23(16)17(24)11-6-12-21/h3-5,8-9,14,16H,6-7,10-13,21H2,1-2H3. The van der Waals surface area contributed by atoms with E-state index in [1.54, 1.807) is 0 Å². The summed E-state index contributed by atoms with van der Waals surface area (Å²) in [5, 5.41) is 0. The van der Waals surface area contributed by atoms with E-state index < -0.39 is 0 Å². The fraction of sp³-hybridized carbons (Fsp3) is 0.500. The van der Waals surface area contributed by atoms with E-state index >= 15 is 0 Å². The lowest BCUT2D eigenvalue weighted by Gasteiger charge is -2.22. The van der Waals surface area contributed by atoms with E-state index in [0.717, 1.165) is 42.8 Å². The van der Waals surface area contributed by atoms with Gasteiger partial charge in [-0.1, -0.05) is 44.2 Å². The summed E-state index contributed by atoms with van der Waals surface area (Å²) >= 11 is 0. The van der Waals surface area contributed by atoms with Crippen LogP contribution in [0.15, 0.2) is 34.7 Å². The molecule has 1 aromatic heterocycles. The highest BCUT2D eigenvalue weighted by atomic mass is 16.4. The van der Waals surface area contributed by atoms with Crippen molar-refractivity contribution >= 4 is 5.91 Å². The molecular weight excluding hydrogens is 314 g/mol. The Morgan fingerprint density at radius 1 is 1.36 bits per heavy atom. The molecule has 1 fully saturated rings. The van der Waals surface area contributed by atoms with Crippen LogP contribution in [0.1, 0.15) is 63.1 Å². The third-order valence-electron chi connectivity index (χ3n) is 4.69. The van der Waals surface area contributed by atoms with Crippen molar-refractivity contribution in [1.29, 1.82) is 0 Å². The first-order chi connectivity index (χ1) is 12.1. The third kappa shape index (κ3) is 3.76. The number of oxazole rings is 1. The number of hydrogen-bond acceptors (Lipinski definition) is 4. The summed E-state index contributed by atoms with van der Waals surface area (Å²) in [6.45, 7) is 5.53. The van der Waals surface area contributed by atoms with Gasteiger partial charge in [0.1, 0.15) is 17.5 Å². The molecule has 5 heteroatoms. The molecule has 0 saturated carbocycles. The van der Waals surface area contributed by atoms with Crippen molar-refractivity contribution in [3.8, 4) is 11.3 Å². The minimum Gasteiger partial charge on any atom is -0.442 e. The number of aromatic nitrogens is 1. The van der Waals surface area contributed by atoms with Gasteiger partial charge in [-0.15, -0.1) is 0 Å². The third-order valence-corrected chi connectivity index (χ3v) is 4.69. The van der Waals surface area contributed by atoms with Crippen molar-refractivity contribution in [3.63, 3.8) is 0 Å². The van der Waals surface area contributed by atoms with Crippen LogP contribution in [0.25, 0.3) is 11.3 Å².